The first kappa shape index (κ1) is 20.3. The number of esters is 1. The molecule has 5 nitrogen and oxygen atoms in total. The Morgan fingerprint density at radius 3 is 2.59 bits per heavy atom. The summed E-state index contributed by atoms with van der Waals surface area (Å²) < 4.78 is 43.5. The van der Waals surface area contributed by atoms with Crippen molar-refractivity contribution in [2.24, 2.45) is 0 Å². The molecule has 1 aromatic heterocycles. The molecule has 1 atom stereocenters. The van der Waals surface area contributed by atoms with Crippen molar-refractivity contribution in [1.82, 2.24) is 10.3 Å². The maximum absolute atomic E-state index is 12.9. The van der Waals surface area contributed by atoms with Crippen LogP contribution in [0.1, 0.15) is 21.5 Å². The Balaban J connectivity index is 1.81. The number of benzene rings is 2. The summed E-state index contributed by atoms with van der Waals surface area (Å²) >= 11 is 0. The molecule has 0 spiro atoms. The first-order valence-corrected chi connectivity index (χ1v) is 8.67. The van der Waals surface area contributed by atoms with Crippen LogP contribution in [0.5, 0.6) is 0 Å². The normalized spacial score (nSPS) is 12.4. The molecule has 8 heteroatoms. The minimum absolute atomic E-state index is 0.149. The number of carbonyl (C=O) groups excluding carboxylic acids is 2. The standard InChI is InChI=1S/C21H17F3N2O3/c1-29-20(28)18(10-13-5-4-7-16(9-13)21(22,23)24)26-19(27)15-11-14-6-2-3-8-17(14)25-12-15/h2-9,11-12,18H,10H2,1H3,(H,26,27)/t18-/m1/s1. The number of fused-ring (bicyclic) bond motifs is 1. The summed E-state index contributed by atoms with van der Waals surface area (Å²) in [6.45, 7) is 0. The van der Waals surface area contributed by atoms with Crippen molar-refractivity contribution < 1.29 is 27.5 Å². The second kappa shape index (κ2) is 8.30. The topological polar surface area (TPSA) is 68.3 Å². The van der Waals surface area contributed by atoms with Crippen LogP contribution in [0.3, 0.4) is 0 Å². The van der Waals surface area contributed by atoms with Gasteiger partial charge in [0.2, 0.25) is 0 Å². The molecule has 0 saturated carbocycles. The molecule has 1 amide bonds. The van der Waals surface area contributed by atoms with Gasteiger partial charge in [0.25, 0.3) is 5.91 Å². The van der Waals surface area contributed by atoms with E-state index >= 15 is 0 Å². The molecular formula is C21H17F3N2O3. The molecule has 3 rings (SSSR count). The van der Waals surface area contributed by atoms with Gasteiger partial charge in [-0.05, 0) is 23.8 Å². The highest BCUT2D eigenvalue weighted by Crippen LogP contribution is 2.29. The van der Waals surface area contributed by atoms with Gasteiger partial charge in [-0.3, -0.25) is 9.78 Å². The summed E-state index contributed by atoms with van der Waals surface area (Å²) in [5, 5.41) is 3.26. The van der Waals surface area contributed by atoms with Crippen LogP contribution in [-0.2, 0) is 22.1 Å². The zero-order chi connectivity index (χ0) is 21.0. The summed E-state index contributed by atoms with van der Waals surface area (Å²) in [4.78, 5) is 28.9. The van der Waals surface area contributed by atoms with E-state index < -0.39 is 29.7 Å². The molecule has 0 aliphatic rings. The average molecular weight is 402 g/mol. The molecule has 1 N–H and O–H groups in total. The number of methoxy groups -OCH3 is 1. The fraction of sp³-hybridized carbons (Fsp3) is 0.190. The Morgan fingerprint density at radius 2 is 1.86 bits per heavy atom. The molecule has 0 fully saturated rings. The molecule has 29 heavy (non-hydrogen) atoms. The molecular weight excluding hydrogens is 385 g/mol. The zero-order valence-corrected chi connectivity index (χ0v) is 15.4. The van der Waals surface area contributed by atoms with Crippen molar-refractivity contribution in [2.75, 3.05) is 7.11 Å². The number of halogens is 3. The first-order valence-electron chi connectivity index (χ1n) is 8.67. The summed E-state index contributed by atoms with van der Waals surface area (Å²) in [5.41, 5.74) is 0.343. The minimum atomic E-state index is -4.50. The van der Waals surface area contributed by atoms with E-state index in [0.717, 1.165) is 24.6 Å². The molecule has 0 unspecified atom stereocenters. The number of pyridine rings is 1. The maximum Gasteiger partial charge on any atom is 0.416 e. The largest absolute Gasteiger partial charge is 0.467 e. The van der Waals surface area contributed by atoms with E-state index in [1.165, 1.54) is 18.3 Å². The predicted octanol–water partition coefficient (Wildman–Crippen LogP) is 3.77. The van der Waals surface area contributed by atoms with Crippen LogP contribution in [0.15, 0.2) is 60.8 Å². The highest BCUT2D eigenvalue weighted by Gasteiger charge is 2.31. The maximum atomic E-state index is 12.9. The van der Waals surface area contributed by atoms with Gasteiger partial charge < -0.3 is 10.1 Å². The Morgan fingerprint density at radius 1 is 1.10 bits per heavy atom. The molecule has 0 saturated heterocycles. The van der Waals surface area contributed by atoms with Crippen molar-refractivity contribution in [3.05, 3.63) is 77.5 Å². The molecule has 150 valence electrons. The van der Waals surface area contributed by atoms with Crippen molar-refractivity contribution in [3.8, 4) is 0 Å². The molecule has 0 radical (unpaired) electrons. The third-order valence-corrected chi connectivity index (χ3v) is 4.34. The van der Waals surface area contributed by atoms with Crippen LogP contribution in [0.2, 0.25) is 0 Å². The number of hydrogen-bond donors (Lipinski definition) is 1. The number of nitrogens with one attached hydrogen (secondary N) is 1. The summed E-state index contributed by atoms with van der Waals surface area (Å²) in [6, 6.07) is 12.3. The highest BCUT2D eigenvalue weighted by atomic mass is 19.4. The quantitative estimate of drug-likeness (QED) is 0.660. The van der Waals surface area contributed by atoms with Crippen molar-refractivity contribution >= 4 is 22.8 Å². The number of hydrogen-bond acceptors (Lipinski definition) is 4. The van der Waals surface area contributed by atoms with Gasteiger partial charge in [-0.1, -0.05) is 36.4 Å². The average Bonchev–Trinajstić information content (AvgIpc) is 2.71. The van der Waals surface area contributed by atoms with E-state index in [-0.39, 0.29) is 17.5 Å². The van der Waals surface area contributed by atoms with Crippen LogP contribution < -0.4 is 5.32 Å². The lowest BCUT2D eigenvalue weighted by atomic mass is 10.0. The summed E-state index contributed by atoms with van der Waals surface area (Å²) in [5.74, 6) is -1.34. The summed E-state index contributed by atoms with van der Waals surface area (Å²) in [7, 11) is 1.14. The lowest BCUT2D eigenvalue weighted by molar-refractivity contribution is -0.142. The van der Waals surface area contributed by atoms with Gasteiger partial charge in [-0.15, -0.1) is 0 Å². The molecule has 2 aromatic carbocycles. The van der Waals surface area contributed by atoms with Crippen LogP contribution >= 0.6 is 0 Å². The van der Waals surface area contributed by atoms with Gasteiger partial charge in [0, 0.05) is 18.0 Å². The monoisotopic (exact) mass is 402 g/mol. The molecule has 0 aliphatic carbocycles. The number of para-hydroxylation sites is 1. The Kier molecular flexibility index (Phi) is 5.81. The second-order valence-electron chi connectivity index (χ2n) is 6.37. The van der Waals surface area contributed by atoms with Gasteiger partial charge in [0.05, 0.1) is 23.8 Å². The molecule has 0 aliphatic heterocycles. The Labute approximate surface area is 164 Å². The second-order valence-corrected chi connectivity index (χ2v) is 6.37. The van der Waals surface area contributed by atoms with Crippen molar-refractivity contribution in [2.45, 2.75) is 18.6 Å². The van der Waals surface area contributed by atoms with E-state index in [2.05, 4.69) is 10.3 Å². The lowest BCUT2D eigenvalue weighted by Gasteiger charge is -2.17. The molecule has 0 bridgehead atoms. The Bertz CT molecular complexity index is 1050. The first-order chi connectivity index (χ1) is 13.8. The van der Waals surface area contributed by atoms with Crippen LogP contribution in [0, 0.1) is 0 Å². The van der Waals surface area contributed by atoms with Crippen LogP contribution in [0.25, 0.3) is 10.9 Å². The number of aromatic nitrogens is 1. The van der Waals surface area contributed by atoms with E-state index in [0.29, 0.717) is 5.52 Å². The third kappa shape index (κ3) is 4.90. The molecule has 1 heterocycles. The fourth-order valence-corrected chi connectivity index (χ4v) is 2.88. The summed E-state index contributed by atoms with van der Waals surface area (Å²) in [6.07, 6.45) is -3.28. The number of carbonyl (C=O) groups is 2. The van der Waals surface area contributed by atoms with Crippen molar-refractivity contribution in [1.29, 1.82) is 0 Å². The predicted molar refractivity (Wildman–Crippen MR) is 100 cm³/mol. The third-order valence-electron chi connectivity index (χ3n) is 4.34. The number of amides is 1. The smallest absolute Gasteiger partial charge is 0.416 e. The van der Waals surface area contributed by atoms with E-state index in [4.69, 9.17) is 4.74 Å². The highest BCUT2D eigenvalue weighted by molar-refractivity contribution is 5.99. The van der Waals surface area contributed by atoms with Crippen LogP contribution in [0.4, 0.5) is 13.2 Å². The van der Waals surface area contributed by atoms with Gasteiger partial charge in [0.1, 0.15) is 6.04 Å². The van der Waals surface area contributed by atoms with E-state index in [1.807, 2.05) is 6.07 Å². The van der Waals surface area contributed by atoms with E-state index in [1.54, 1.807) is 24.3 Å². The van der Waals surface area contributed by atoms with Gasteiger partial charge in [-0.25, -0.2) is 4.79 Å². The number of ether oxygens (including phenoxy) is 1. The Hall–Kier alpha value is -3.42. The van der Waals surface area contributed by atoms with Crippen LogP contribution in [-0.4, -0.2) is 30.0 Å². The molecule has 3 aromatic rings. The fourth-order valence-electron chi connectivity index (χ4n) is 2.88. The SMILES string of the molecule is COC(=O)[C@@H](Cc1cccc(C(F)(F)F)c1)NC(=O)c1cnc2ccccc2c1. The number of rotatable bonds is 5. The van der Waals surface area contributed by atoms with Gasteiger partial charge in [-0.2, -0.15) is 13.2 Å². The minimum Gasteiger partial charge on any atom is -0.467 e. The van der Waals surface area contributed by atoms with E-state index in [9.17, 15) is 22.8 Å². The van der Waals surface area contributed by atoms with Gasteiger partial charge in [0.15, 0.2) is 0 Å². The number of nitrogens with zero attached hydrogens (tertiary/aromatic N) is 1. The zero-order valence-electron chi connectivity index (χ0n) is 15.4. The van der Waals surface area contributed by atoms with Crippen molar-refractivity contribution in [3.63, 3.8) is 0 Å². The lowest BCUT2D eigenvalue weighted by Crippen LogP contribution is -2.43. The van der Waals surface area contributed by atoms with Gasteiger partial charge >= 0.3 is 12.1 Å². The number of alkyl halides is 3.